The summed E-state index contributed by atoms with van der Waals surface area (Å²) in [6.07, 6.45) is 1.92. The molecule has 5 rings (SSSR count). The number of nitrogens with zero attached hydrogens (tertiary/aromatic N) is 1. The number of methoxy groups -OCH3 is 1. The molecule has 0 saturated heterocycles. The number of benzene rings is 4. The smallest absolute Gasteiger partial charge is 0.258 e. The monoisotopic (exact) mass is 435 g/mol. The molecule has 0 radical (unpaired) electrons. The van der Waals surface area contributed by atoms with E-state index in [4.69, 9.17) is 9.47 Å². The molecular formula is C29H25NO3. The summed E-state index contributed by atoms with van der Waals surface area (Å²) >= 11 is 0. The topological polar surface area (TPSA) is 38.8 Å². The van der Waals surface area contributed by atoms with Gasteiger partial charge in [0.25, 0.3) is 5.91 Å². The Morgan fingerprint density at radius 1 is 0.879 bits per heavy atom. The van der Waals surface area contributed by atoms with E-state index in [0.29, 0.717) is 30.2 Å². The first-order valence-electron chi connectivity index (χ1n) is 11.1. The van der Waals surface area contributed by atoms with Gasteiger partial charge in [0, 0.05) is 17.7 Å². The summed E-state index contributed by atoms with van der Waals surface area (Å²) in [4.78, 5) is 14.8. The van der Waals surface area contributed by atoms with Crippen molar-refractivity contribution >= 4 is 34.0 Å². The minimum atomic E-state index is 0.0222. The third-order valence-corrected chi connectivity index (χ3v) is 6.04. The zero-order valence-corrected chi connectivity index (χ0v) is 18.7. The molecule has 4 aromatic rings. The van der Waals surface area contributed by atoms with Crippen molar-refractivity contribution in [3.63, 3.8) is 0 Å². The molecule has 0 unspecified atom stereocenters. The maximum absolute atomic E-state index is 13.0. The largest absolute Gasteiger partial charge is 0.493 e. The van der Waals surface area contributed by atoms with Crippen LogP contribution in [0.5, 0.6) is 11.5 Å². The lowest BCUT2D eigenvalue weighted by molar-refractivity contribution is -0.112. The molecule has 0 saturated carbocycles. The molecule has 4 nitrogen and oxygen atoms in total. The molecule has 1 heterocycles. The zero-order chi connectivity index (χ0) is 22.8. The third kappa shape index (κ3) is 3.85. The Kier molecular flexibility index (Phi) is 5.57. The van der Waals surface area contributed by atoms with Crippen LogP contribution in [0, 0.1) is 0 Å². The minimum absolute atomic E-state index is 0.0222. The van der Waals surface area contributed by atoms with Gasteiger partial charge in [-0.1, -0.05) is 66.7 Å². The van der Waals surface area contributed by atoms with E-state index in [1.54, 1.807) is 12.0 Å². The van der Waals surface area contributed by atoms with Crippen LogP contribution in [0.25, 0.3) is 22.4 Å². The Bertz CT molecular complexity index is 1370. The van der Waals surface area contributed by atoms with Gasteiger partial charge >= 0.3 is 0 Å². The summed E-state index contributed by atoms with van der Waals surface area (Å²) in [7, 11) is 1.63. The number of likely N-dealkylation sites (N-methyl/N-ethyl adjacent to an activating group) is 1. The summed E-state index contributed by atoms with van der Waals surface area (Å²) in [6, 6.07) is 28.2. The van der Waals surface area contributed by atoms with Gasteiger partial charge in [-0.2, -0.15) is 0 Å². The Labute approximate surface area is 193 Å². The second-order valence-electron chi connectivity index (χ2n) is 7.96. The van der Waals surface area contributed by atoms with Gasteiger partial charge in [0.1, 0.15) is 6.61 Å². The van der Waals surface area contributed by atoms with Crippen LogP contribution in [0.1, 0.15) is 23.6 Å². The van der Waals surface area contributed by atoms with E-state index in [1.807, 2.05) is 73.7 Å². The van der Waals surface area contributed by atoms with Gasteiger partial charge in [-0.25, -0.2) is 0 Å². The lowest BCUT2D eigenvalue weighted by Gasteiger charge is -2.13. The molecule has 0 N–H and O–H groups in total. The van der Waals surface area contributed by atoms with Crippen molar-refractivity contribution in [3.05, 3.63) is 102 Å². The van der Waals surface area contributed by atoms with Crippen LogP contribution in [-0.2, 0) is 11.4 Å². The van der Waals surface area contributed by atoms with Crippen molar-refractivity contribution in [1.82, 2.24) is 0 Å². The maximum atomic E-state index is 13.0. The van der Waals surface area contributed by atoms with Crippen molar-refractivity contribution in [2.75, 3.05) is 18.6 Å². The first-order valence-corrected chi connectivity index (χ1v) is 11.1. The van der Waals surface area contributed by atoms with Crippen LogP contribution < -0.4 is 14.4 Å². The Balaban J connectivity index is 1.43. The van der Waals surface area contributed by atoms with Gasteiger partial charge in [0.15, 0.2) is 11.5 Å². The van der Waals surface area contributed by atoms with Crippen molar-refractivity contribution in [1.29, 1.82) is 0 Å². The van der Waals surface area contributed by atoms with Gasteiger partial charge in [-0.3, -0.25) is 4.79 Å². The van der Waals surface area contributed by atoms with E-state index in [1.165, 1.54) is 10.8 Å². The van der Waals surface area contributed by atoms with E-state index in [2.05, 4.69) is 24.3 Å². The summed E-state index contributed by atoms with van der Waals surface area (Å²) in [5.74, 6) is 1.32. The molecule has 164 valence electrons. The van der Waals surface area contributed by atoms with Gasteiger partial charge < -0.3 is 14.4 Å². The van der Waals surface area contributed by atoms with Gasteiger partial charge in [0.05, 0.1) is 12.8 Å². The number of hydrogen-bond donors (Lipinski definition) is 0. The number of carbonyl (C=O) groups is 1. The highest BCUT2D eigenvalue weighted by Gasteiger charge is 2.30. The second kappa shape index (κ2) is 8.83. The fourth-order valence-corrected chi connectivity index (χ4v) is 4.39. The number of rotatable bonds is 6. The fourth-order valence-electron chi connectivity index (χ4n) is 4.39. The number of ether oxygens (including phenoxy) is 2. The molecule has 0 spiro atoms. The number of hydrogen-bond acceptors (Lipinski definition) is 3. The molecular weight excluding hydrogens is 410 g/mol. The molecule has 0 aliphatic carbocycles. The Morgan fingerprint density at radius 2 is 1.67 bits per heavy atom. The second-order valence-corrected chi connectivity index (χ2v) is 7.96. The predicted molar refractivity (Wildman–Crippen MR) is 134 cm³/mol. The standard InChI is InChI=1S/C29H25NO3/c1-3-30-26-14-7-6-13-24(26)25(29(30)31)17-20-15-16-27(28(18-20)32-2)33-19-22-11-8-10-21-9-4-5-12-23(21)22/h4-18H,3,19H2,1-2H3/b25-17-. The number of amides is 1. The minimum Gasteiger partial charge on any atom is -0.493 e. The summed E-state index contributed by atoms with van der Waals surface area (Å²) in [5, 5.41) is 2.37. The van der Waals surface area contributed by atoms with Crippen LogP contribution in [0.15, 0.2) is 84.9 Å². The normalized spacial score (nSPS) is 14.1. The number of para-hydroxylation sites is 1. The van der Waals surface area contributed by atoms with E-state index < -0.39 is 0 Å². The molecule has 0 aromatic heterocycles. The number of fused-ring (bicyclic) bond motifs is 2. The molecule has 0 bridgehead atoms. The van der Waals surface area contributed by atoms with Gasteiger partial charge in [-0.05, 0) is 53.1 Å². The van der Waals surface area contributed by atoms with Crippen molar-refractivity contribution in [2.24, 2.45) is 0 Å². The highest BCUT2D eigenvalue weighted by Crippen LogP contribution is 2.38. The quantitative estimate of drug-likeness (QED) is 0.332. The third-order valence-electron chi connectivity index (χ3n) is 6.04. The number of anilines is 1. The summed E-state index contributed by atoms with van der Waals surface area (Å²) in [5.41, 5.74) is 4.62. The average Bonchev–Trinajstić information content (AvgIpc) is 3.13. The van der Waals surface area contributed by atoms with Crippen LogP contribution in [0.4, 0.5) is 5.69 Å². The summed E-state index contributed by atoms with van der Waals surface area (Å²) in [6.45, 7) is 3.07. The first kappa shape index (κ1) is 20.8. The van der Waals surface area contributed by atoms with Crippen LogP contribution in [0.3, 0.4) is 0 Å². The Morgan fingerprint density at radius 3 is 2.52 bits per heavy atom. The SMILES string of the molecule is CCN1C(=O)/C(=C\c2ccc(OCc3cccc4ccccc34)c(OC)c2)c2ccccc21. The van der Waals surface area contributed by atoms with E-state index in [-0.39, 0.29) is 5.91 Å². The molecule has 1 aliphatic heterocycles. The van der Waals surface area contributed by atoms with Gasteiger partial charge in [-0.15, -0.1) is 0 Å². The Hall–Kier alpha value is -4.05. The van der Waals surface area contributed by atoms with E-state index in [0.717, 1.165) is 22.4 Å². The lowest BCUT2D eigenvalue weighted by Crippen LogP contribution is -2.25. The van der Waals surface area contributed by atoms with Crippen LogP contribution in [-0.4, -0.2) is 19.6 Å². The van der Waals surface area contributed by atoms with Crippen molar-refractivity contribution in [3.8, 4) is 11.5 Å². The average molecular weight is 436 g/mol. The highest BCUT2D eigenvalue weighted by molar-refractivity contribution is 6.35. The predicted octanol–water partition coefficient (Wildman–Crippen LogP) is 6.33. The lowest BCUT2D eigenvalue weighted by atomic mass is 10.0. The van der Waals surface area contributed by atoms with E-state index >= 15 is 0 Å². The number of carbonyl (C=O) groups excluding carboxylic acids is 1. The molecule has 4 heteroatoms. The summed E-state index contributed by atoms with van der Waals surface area (Å²) < 4.78 is 11.8. The molecule has 0 fully saturated rings. The highest BCUT2D eigenvalue weighted by atomic mass is 16.5. The van der Waals surface area contributed by atoms with Crippen LogP contribution >= 0.6 is 0 Å². The van der Waals surface area contributed by atoms with E-state index in [9.17, 15) is 4.79 Å². The zero-order valence-electron chi connectivity index (χ0n) is 18.7. The fraction of sp³-hybridized carbons (Fsp3) is 0.138. The van der Waals surface area contributed by atoms with Gasteiger partial charge in [0.2, 0.25) is 0 Å². The maximum Gasteiger partial charge on any atom is 0.258 e. The van der Waals surface area contributed by atoms with Crippen molar-refractivity contribution < 1.29 is 14.3 Å². The molecule has 0 atom stereocenters. The molecule has 1 amide bonds. The van der Waals surface area contributed by atoms with Crippen LogP contribution in [0.2, 0.25) is 0 Å². The molecule has 4 aromatic carbocycles. The first-order chi connectivity index (χ1) is 16.2. The van der Waals surface area contributed by atoms with Crippen molar-refractivity contribution in [2.45, 2.75) is 13.5 Å². The molecule has 1 aliphatic rings. The molecule has 33 heavy (non-hydrogen) atoms.